The third-order valence-corrected chi connectivity index (χ3v) is 4.85. The zero-order valence-electron chi connectivity index (χ0n) is 12.0. The summed E-state index contributed by atoms with van der Waals surface area (Å²) in [5, 5.41) is 3.99. The smallest absolute Gasteiger partial charge is 0.239 e. The maximum atomic E-state index is 12.1. The van der Waals surface area contributed by atoms with E-state index in [1.165, 1.54) is 17.3 Å². The van der Waals surface area contributed by atoms with Crippen LogP contribution >= 0.6 is 23.4 Å². The molecule has 2 aromatic carbocycles. The highest BCUT2D eigenvalue weighted by molar-refractivity contribution is 8.15. The van der Waals surface area contributed by atoms with Crippen molar-refractivity contribution in [2.24, 2.45) is 4.99 Å². The molecule has 1 amide bonds. The van der Waals surface area contributed by atoms with Crippen molar-refractivity contribution in [2.45, 2.75) is 18.6 Å². The summed E-state index contributed by atoms with van der Waals surface area (Å²) in [6.45, 7) is 2.03. The number of nitrogens with one attached hydrogen (secondary N) is 1. The molecule has 22 heavy (non-hydrogen) atoms. The number of rotatable bonds is 3. The molecule has 1 heterocycles. The van der Waals surface area contributed by atoms with Gasteiger partial charge >= 0.3 is 0 Å². The van der Waals surface area contributed by atoms with E-state index in [4.69, 9.17) is 11.6 Å². The number of halogens is 1. The second kappa shape index (κ2) is 6.55. The van der Waals surface area contributed by atoms with Gasteiger partial charge < -0.3 is 5.32 Å². The first-order chi connectivity index (χ1) is 10.6. The molecule has 0 aromatic heterocycles. The van der Waals surface area contributed by atoms with E-state index in [-0.39, 0.29) is 11.2 Å². The second-order valence-corrected chi connectivity index (χ2v) is 6.74. The maximum absolute atomic E-state index is 12.1. The number of benzene rings is 2. The number of nitrogens with zero attached hydrogens (tertiary/aromatic N) is 1. The molecule has 5 heteroatoms. The summed E-state index contributed by atoms with van der Waals surface area (Å²) < 4.78 is 0. The Bertz CT molecular complexity index is 728. The van der Waals surface area contributed by atoms with Crippen LogP contribution in [0, 0.1) is 6.92 Å². The van der Waals surface area contributed by atoms with E-state index in [9.17, 15) is 4.79 Å². The van der Waals surface area contributed by atoms with Gasteiger partial charge in [0.05, 0.1) is 10.9 Å². The van der Waals surface area contributed by atoms with Crippen LogP contribution in [0.1, 0.15) is 11.1 Å². The first kappa shape index (κ1) is 15.1. The molecule has 0 aliphatic carbocycles. The highest BCUT2D eigenvalue weighted by atomic mass is 35.5. The number of hydrogen-bond acceptors (Lipinski definition) is 3. The van der Waals surface area contributed by atoms with Crippen molar-refractivity contribution in [2.75, 3.05) is 0 Å². The van der Waals surface area contributed by atoms with Gasteiger partial charge in [0.2, 0.25) is 5.91 Å². The fraction of sp³-hybridized carbons (Fsp3) is 0.176. The van der Waals surface area contributed by atoms with Crippen LogP contribution in [-0.4, -0.2) is 16.3 Å². The Labute approximate surface area is 138 Å². The van der Waals surface area contributed by atoms with E-state index in [1.54, 1.807) is 0 Å². The molecule has 1 saturated heterocycles. The van der Waals surface area contributed by atoms with Crippen molar-refractivity contribution in [1.82, 2.24) is 5.32 Å². The average Bonchev–Trinajstić information content (AvgIpc) is 2.84. The largest absolute Gasteiger partial charge is 0.304 e. The molecule has 1 fully saturated rings. The second-order valence-electron chi connectivity index (χ2n) is 5.14. The van der Waals surface area contributed by atoms with Gasteiger partial charge in [-0.1, -0.05) is 59.3 Å². The van der Waals surface area contributed by atoms with Crippen LogP contribution in [0.5, 0.6) is 0 Å². The van der Waals surface area contributed by atoms with Gasteiger partial charge in [-0.25, -0.2) is 4.99 Å². The molecule has 2 aromatic rings. The number of carbonyl (C=O) groups is 1. The minimum atomic E-state index is -0.191. The SMILES string of the molecule is Cc1ccc(N=C2NC(=O)C(Cc3ccccc3Cl)S2)cc1. The Balaban J connectivity index is 1.73. The predicted octanol–water partition coefficient (Wildman–Crippen LogP) is 4.11. The fourth-order valence-electron chi connectivity index (χ4n) is 2.19. The minimum absolute atomic E-state index is 0.0178. The Morgan fingerprint density at radius 3 is 2.64 bits per heavy atom. The highest BCUT2D eigenvalue weighted by Gasteiger charge is 2.30. The zero-order valence-corrected chi connectivity index (χ0v) is 13.6. The number of hydrogen-bond donors (Lipinski definition) is 1. The molecule has 0 radical (unpaired) electrons. The van der Waals surface area contributed by atoms with E-state index in [0.29, 0.717) is 16.6 Å². The van der Waals surface area contributed by atoms with Gasteiger partial charge in [0.1, 0.15) is 0 Å². The number of aliphatic imine (C=N–C) groups is 1. The number of amides is 1. The molecule has 0 spiro atoms. The Hall–Kier alpha value is -1.78. The van der Waals surface area contributed by atoms with E-state index in [2.05, 4.69) is 10.3 Å². The van der Waals surface area contributed by atoms with Crippen LogP contribution < -0.4 is 5.32 Å². The Morgan fingerprint density at radius 1 is 1.18 bits per heavy atom. The van der Waals surface area contributed by atoms with Crippen LogP contribution in [0.25, 0.3) is 0 Å². The van der Waals surface area contributed by atoms with Crippen molar-refractivity contribution in [3.8, 4) is 0 Å². The molecule has 1 aliphatic rings. The summed E-state index contributed by atoms with van der Waals surface area (Å²) in [6.07, 6.45) is 0.600. The summed E-state index contributed by atoms with van der Waals surface area (Å²) in [5.41, 5.74) is 3.00. The van der Waals surface area contributed by atoms with Crippen molar-refractivity contribution in [1.29, 1.82) is 0 Å². The molecule has 1 aliphatic heterocycles. The quantitative estimate of drug-likeness (QED) is 0.920. The molecule has 3 rings (SSSR count). The van der Waals surface area contributed by atoms with Gasteiger partial charge in [0, 0.05) is 5.02 Å². The zero-order chi connectivity index (χ0) is 15.5. The molecular formula is C17H15ClN2OS. The first-order valence-corrected chi connectivity index (χ1v) is 8.24. The predicted molar refractivity (Wildman–Crippen MR) is 93.0 cm³/mol. The number of carbonyl (C=O) groups excluding carboxylic acids is 1. The molecule has 0 bridgehead atoms. The molecule has 1 atom stereocenters. The number of thioether (sulfide) groups is 1. The van der Waals surface area contributed by atoms with Crippen LogP contribution in [0.2, 0.25) is 5.02 Å². The van der Waals surface area contributed by atoms with E-state index in [1.807, 2.05) is 55.5 Å². The molecule has 0 saturated carbocycles. The van der Waals surface area contributed by atoms with Gasteiger partial charge in [0.15, 0.2) is 5.17 Å². The van der Waals surface area contributed by atoms with Gasteiger partial charge in [0.25, 0.3) is 0 Å². The van der Waals surface area contributed by atoms with Crippen molar-refractivity contribution >= 4 is 40.1 Å². The lowest BCUT2D eigenvalue weighted by molar-refractivity contribution is -0.118. The lowest BCUT2D eigenvalue weighted by Gasteiger charge is -2.06. The van der Waals surface area contributed by atoms with E-state index in [0.717, 1.165) is 11.3 Å². The molecule has 1 unspecified atom stereocenters. The molecule has 112 valence electrons. The summed E-state index contributed by atoms with van der Waals surface area (Å²) in [7, 11) is 0. The topological polar surface area (TPSA) is 41.5 Å². The summed E-state index contributed by atoms with van der Waals surface area (Å²) >= 11 is 7.61. The Kier molecular flexibility index (Phi) is 4.50. The third-order valence-electron chi connectivity index (χ3n) is 3.40. The third kappa shape index (κ3) is 3.51. The maximum Gasteiger partial charge on any atom is 0.239 e. The lowest BCUT2D eigenvalue weighted by atomic mass is 10.1. The van der Waals surface area contributed by atoms with E-state index < -0.39 is 0 Å². The normalized spacial score (nSPS) is 19.5. The van der Waals surface area contributed by atoms with Crippen molar-refractivity contribution in [3.63, 3.8) is 0 Å². The van der Waals surface area contributed by atoms with Crippen LogP contribution in [0.15, 0.2) is 53.5 Å². The standard InChI is InChI=1S/C17H15ClN2OS/c1-11-6-8-13(9-7-11)19-17-20-16(21)15(22-17)10-12-4-2-3-5-14(12)18/h2-9,15H,10H2,1H3,(H,19,20,21). The lowest BCUT2D eigenvalue weighted by Crippen LogP contribution is -2.26. The van der Waals surface area contributed by atoms with Crippen LogP contribution in [-0.2, 0) is 11.2 Å². The van der Waals surface area contributed by atoms with Gasteiger partial charge in [-0.3, -0.25) is 4.79 Å². The van der Waals surface area contributed by atoms with Gasteiger partial charge in [-0.05, 0) is 37.1 Å². The molecule has 1 N–H and O–H groups in total. The Morgan fingerprint density at radius 2 is 1.91 bits per heavy atom. The van der Waals surface area contributed by atoms with Gasteiger partial charge in [-0.2, -0.15) is 0 Å². The average molecular weight is 331 g/mol. The van der Waals surface area contributed by atoms with Crippen LogP contribution in [0.4, 0.5) is 5.69 Å². The van der Waals surface area contributed by atoms with Crippen molar-refractivity contribution < 1.29 is 4.79 Å². The van der Waals surface area contributed by atoms with Crippen molar-refractivity contribution in [3.05, 3.63) is 64.7 Å². The summed E-state index contributed by atoms with van der Waals surface area (Å²) in [5.74, 6) is -0.0178. The highest BCUT2D eigenvalue weighted by Crippen LogP contribution is 2.28. The summed E-state index contributed by atoms with van der Waals surface area (Å²) in [4.78, 5) is 16.6. The minimum Gasteiger partial charge on any atom is -0.304 e. The number of aryl methyl sites for hydroxylation is 1. The molecular weight excluding hydrogens is 316 g/mol. The monoisotopic (exact) mass is 330 g/mol. The molecule has 3 nitrogen and oxygen atoms in total. The van der Waals surface area contributed by atoms with Gasteiger partial charge in [-0.15, -0.1) is 0 Å². The first-order valence-electron chi connectivity index (χ1n) is 6.98. The van der Waals surface area contributed by atoms with E-state index >= 15 is 0 Å². The fourth-order valence-corrected chi connectivity index (χ4v) is 3.42. The van der Waals surface area contributed by atoms with Crippen LogP contribution in [0.3, 0.4) is 0 Å². The number of amidine groups is 1. The summed E-state index contributed by atoms with van der Waals surface area (Å²) in [6, 6.07) is 15.5.